The molecule has 8 nitrogen and oxygen atoms in total. The van der Waals surface area contributed by atoms with E-state index in [1.165, 1.54) is 38.1 Å². The summed E-state index contributed by atoms with van der Waals surface area (Å²) in [5.74, 6) is -0.594. The van der Waals surface area contributed by atoms with Crippen LogP contribution in [-0.2, 0) is 4.79 Å². The molecule has 0 saturated heterocycles. The van der Waals surface area contributed by atoms with Gasteiger partial charge in [-0.3, -0.25) is 9.59 Å². The highest BCUT2D eigenvalue weighted by Gasteiger charge is 2.17. The maximum atomic E-state index is 12.7. The van der Waals surface area contributed by atoms with Crippen LogP contribution in [0.25, 0.3) is 0 Å². The van der Waals surface area contributed by atoms with Gasteiger partial charge in [0.2, 0.25) is 5.91 Å². The average Bonchev–Trinajstić information content (AvgIpc) is 2.85. The molecule has 1 unspecified atom stereocenters. The van der Waals surface area contributed by atoms with Crippen LogP contribution < -0.4 is 20.1 Å². The number of aromatic carboxylic acids is 1. The zero-order valence-corrected chi connectivity index (χ0v) is 20.6. The normalized spacial score (nSPS) is 11.3. The first-order chi connectivity index (χ1) is 16.7. The van der Waals surface area contributed by atoms with Gasteiger partial charge in [0.05, 0.1) is 25.0 Å². The Balaban J connectivity index is 1.61. The van der Waals surface area contributed by atoms with Crippen LogP contribution in [0.2, 0.25) is 0 Å². The molecule has 0 bridgehead atoms. The predicted octanol–water partition coefficient (Wildman–Crippen LogP) is 5.08. The number of benzene rings is 3. The molecule has 182 valence electrons. The number of aryl methyl sites for hydroxylation is 1. The molecule has 3 aromatic carbocycles. The molecule has 3 rings (SSSR count). The summed E-state index contributed by atoms with van der Waals surface area (Å²) in [6.07, 6.45) is 0. The molecule has 0 fully saturated rings. The van der Waals surface area contributed by atoms with Gasteiger partial charge in [-0.15, -0.1) is 11.8 Å². The van der Waals surface area contributed by atoms with Crippen molar-refractivity contribution in [1.29, 1.82) is 0 Å². The molecule has 0 aromatic heterocycles. The van der Waals surface area contributed by atoms with E-state index in [-0.39, 0.29) is 17.4 Å². The van der Waals surface area contributed by atoms with Gasteiger partial charge in [0.1, 0.15) is 0 Å². The van der Waals surface area contributed by atoms with Gasteiger partial charge in [0, 0.05) is 21.8 Å². The van der Waals surface area contributed by atoms with Gasteiger partial charge in [-0.2, -0.15) is 0 Å². The van der Waals surface area contributed by atoms with Crippen LogP contribution in [0.4, 0.5) is 11.4 Å². The molecule has 3 aromatic rings. The number of hydrogen-bond donors (Lipinski definition) is 3. The minimum absolute atomic E-state index is 0.108. The van der Waals surface area contributed by atoms with E-state index in [2.05, 4.69) is 10.6 Å². The third-order valence-corrected chi connectivity index (χ3v) is 6.29. The van der Waals surface area contributed by atoms with Crippen molar-refractivity contribution in [2.45, 2.75) is 24.0 Å². The molecule has 0 aliphatic carbocycles. The zero-order valence-electron chi connectivity index (χ0n) is 19.7. The number of anilines is 2. The number of ether oxygens (including phenoxy) is 2. The number of carbonyl (C=O) groups excluding carboxylic acids is 2. The molecule has 0 radical (unpaired) electrons. The van der Waals surface area contributed by atoms with Gasteiger partial charge < -0.3 is 25.2 Å². The number of thioether (sulfide) groups is 1. The van der Waals surface area contributed by atoms with E-state index in [9.17, 15) is 19.5 Å². The number of carbonyl (C=O) groups is 3. The van der Waals surface area contributed by atoms with Crippen molar-refractivity contribution in [2.75, 3.05) is 24.9 Å². The fraction of sp³-hybridized carbons (Fsp3) is 0.192. The van der Waals surface area contributed by atoms with Gasteiger partial charge in [0.25, 0.3) is 5.91 Å². The molecule has 0 aliphatic rings. The van der Waals surface area contributed by atoms with E-state index in [1.54, 1.807) is 50.2 Å². The quantitative estimate of drug-likeness (QED) is 0.355. The van der Waals surface area contributed by atoms with Crippen molar-refractivity contribution in [3.8, 4) is 11.5 Å². The Labute approximate surface area is 207 Å². The maximum Gasteiger partial charge on any atom is 0.335 e. The summed E-state index contributed by atoms with van der Waals surface area (Å²) >= 11 is 1.35. The van der Waals surface area contributed by atoms with Crippen molar-refractivity contribution in [3.05, 3.63) is 77.4 Å². The lowest BCUT2D eigenvalue weighted by molar-refractivity contribution is -0.115. The smallest absolute Gasteiger partial charge is 0.335 e. The number of methoxy groups -OCH3 is 2. The molecule has 2 amide bonds. The second-order valence-corrected chi connectivity index (χ2v) is 9.05. The standard InChI is InChI=1S/C26H26N2O6S/c1-15-5-6-18(26(31)32)13-21(15)28-24(29)16(2)35-20-10-8-19(9-11-20)27-25(30)17-7-12-22(33-3)23(14-17)34-4/h5-14,16H,1-4H3,(H,27,30)(H,28,29)(H,31,32). The molecule has 0 spiro atoms. The number of carboxylic acids is 1. The highest BCUT2D eigenvalue weighted by atomic mass is 32.2. The molecule has 35 heavy (non-hydrogen) atoms. The minimum Gasteiger partial charge on any atom is -0.493 e. The van der Waals surface area contributed by atoms with Crippen LogP contribution in [0.5, 0.6) is 11.5 Å². The Morgan fingerprint density at radius 1 is 0.857 bits per heavy atom. The van der Waals surface area contributed by atoms with Gasteiger partial charge in [0.15, 0.2) is 11.5 Å². The van der Waals surface area contributed by atoms with Crippen LogP contribution in [0, 0.1) is 6.92 Å². The highest BCUT2D eigenvalue weighted by Crippen LogP contribution is 2.29. The van der Waals surface area contributed by atoms with E-state index >= 15 is 0 Å². The van der Waals surface area contributed by atoms with Gasteiger partial charge in [-0.1, -0.05) is 6.07 Å². The molecular weight excluding hydrogens is 468 g/mol. The first-order valence-corrected chi connectivity index (χ1v) is 11.5. The van der Waals surface area contributed by atoms with Crippen molar-refractivity contribution in [1.82, 2.24) is 0 Å². The zero-order chi connectivity index (χ0) is 25.5. The minimum atomic E-state index is -1.05. The Bertz CT molecular complexity index is 1240. The summed E-state index contributed by atoms with van der Waals surface area (Å²) in [6, 6.07) is 16.7. The number of carboxylic acid groups (broad SMARTS) is 1. The second kappa shape index (κ2) is 11.4. The van der Waals surface area contributed by atoms with E-state index in [0.29, 0.717) is 28.4 Å². The molecular formula is C26H26N2O6S. The molecule has 0 saturated carbocycles. The van der Waals surface area contributed by atoms with Crippen molar-refractivity contribution in [2.24, 2.45) is 0 Å². The van der Waals surface area contributed by atoms with Crippen molar-refractivity contribution >= 4 is 40.9 Å². The van der Waals surface area contributed by atoms with E-state index < -0.39 is 11.2 Å². The van der Waals surface area contributed by atoms with E-state index in [1.807, 2.05) is 12.1 Å². The SMILES string of the molecule is COc1ccc(C(=O)Nc2ccc(SC(C)C(=O)Nc3cc(C(=O)O)ccc3C)cc2)cc1OC. The highest BCUT2D eigenvalue weighted by molar-refractivity contribution is 8.00. The summed E-state index contributed by atoms with van der Waals surface area (Å²) in [5, 5.41) is 14.4. The fourth-order valence-corrected chi connectivity index (χ4v) is 4.05. The first-order valence-electron chi connectivity index (χ1n) is 10.7. The number of nitrogens with one attached hydrogen (secondary N) is 2. The lowest BCUT2D eigenvalue weighted by Crippen LogP contribution is -2.23. The number of hydrogen-bond acceptors (Lipinski definition) is 6. The summed E-state index contributed by atoms with van der Waals surface area (Å²) in [6.45, 7) is 3.57. The maximum absolute atomic E-state index is 12.7. The van der Waals surface area contributed by atoms with E-state index in [0.717, 1.165) is 10.5 Å². The van der Waals surface area contributed by atoms with Gasteiger partial charge >= 0.3 is 5.97 Å². The van der Waals surface area contributed by atoms with Gasteiger partial charge in [-0.25, -0.2) is 4.79 Å². The summed E-state index contributed by atoms with van der Waals surface area (Å²) in [5.41, 5.74) is 2.38. The summed E-state index contributed by atoms with van der Waals surface area (Å²) in [4.78, 5) is 37.3. The number of rotatable bonds is 9. The molecule has 1 atom stereocenters. The van der Waals surface area contributed by atoms with Crippen LogP contribution in [-0.4, -0.2) is 42.4 Å². The monoisotopic (exact) mass is 494 g/mol. The summed E-state index contributed by atoms with van der Waals surface area (Å²) < 4.78 is 10.4. The third-order valence-electron chi connectivity index (χ3n) is 5.18. The lowest BCUT2D eigenvalue weighted by atomic mass is 10.1. The Morgan fingerprint density at radius 2 is 1.51 bits per heavy atom. The van der Waals surface area contributed by atoms with Crippen LogP contribution in [0.1, 0.15) is 33.2 Å². The Morgan fingerprint density at radius 3 is 2.14 bits per heavy atom. The topological polar surface area (TPSA) is 114 Å². The molecule has 0 heterocycles. The van der Waals surface area contributed by atoms with Crippen molar-refractivity contribution in [3.63, 3.8) is 0 Å². The van der Waals surface area contributed by atoms with Crippen LogP contribution in [0.3, 0.4) is 0 Å². The number of amides is 2. The second-order valence-electron chi connectivity index (χ2n) is 7.63. The Hall–Kier alpha value is -3.98. The third kappa shape index (κ3) is 6.54. The molecule has 9 heteroatoms. The van der Waals surface area contributed by atoms with E-state index in [4.69, 9.17) is 9.47 Å². The lowest BCUT2D eigenvalue weighted by Gasteiger charge is -2.14. The van der Waals surface area contributed by atoms with Gasteiger partial charge in [-0.05, 0) is 74.0 Å². The summed E-state index contributed by atoms with van der Waals surface area (Å²) in [7, 11) is 3.03. The molecule has 0 aliphatic heterocycles. The van der Waals surface area contributed by atoms with Crippen molar-refractivity contribution < 1.29 is 29.0 Å². The molecule has 3 N–H and O–H groups in total. The predicted molar refractivity (Wildman–Crippen MR) is 136 cm³/mol. The average molecular weight is 495 g/mol. The Kier molecular flexibility index (Phi) is 8.38. The first kappa shape index (κ1) is 25.6. The van der Waals surface area contributed by atoms with Crippen LogP contribution in [0.15, 0.2) is 65.6 Å². The largest absolute Gasteiger partial charge is 0.493 e. The van der Waals surface area contributed by atoms with Crippen LogP contribution >= 0.6 is 11.8 Å². The fourth-order valence-electron chi connectivity index (χ4n) is 3.18.